The summed E-state index contributed by atoms with van der Waals surface area (Å²) in [4.78, 5) is 4.73. The molecule has 0 amide bonds. The summed E-state index contributed by atoms with van der Waals surface area (Å²) in [6, 6.07) is 25.8. The van der Waals surface area contributed by atoms with E-state index in [1.54, 1.807) is 0 Å². The van der Waals surface area contributed by atoms with Crippen LogP contribution in [0.2, 0.25) is 0 Å². The minimum atomic E-state index is -0.245. The molecular formula is C44H39BN2O7. The molecule has 5 aliphatic rings. The molecule has 0 saturated carbocycles. The van der Waals surface area contributed by atoms with E-state index in [4.69, 9.17) is 32.8 Å². The molecule has 0 N–H and O–H groups in total. The highest BCUT2D eigenvalue weighted by Gasteiger charge is 2.48. The Labute approximate surface area is 314 Å². The van der Waals surface area contributed by atoms with Crippen molar-refractivity contribution in [3.63, 3.8) is 0 Å². The number of furan rings is 1. The van der Waals surface area contributed by atoms with Gasteiger partial charge in [-0.25, -0.2) is 0 Å². The van der Waals surface area contributed by atoms with Gasteiger partial charge in [-0.1, -0.05) is 32.9 Å². The van der Waals surface area contributed by atoms with Crippen molar-refractivity contribution in [3.05, 3.63) is 89.5 Å². The highest BCUT2D eigenvalue weighted by molar-refractivity contribution is 7.00. The number of nitrogens with zero attached hydrogens (tertiary/aromatic N) is 2. The van der Waals surface area contributed by atoms with E-state index in [0.29, 0.717) is 39.6 Å². The second-order valence-electron chi connectivity index (χ2n) is 15.7. The molecule has 0 atom stereocenters. The molecule has 5 aromatic carbocycles. The quantitative estimate of drug-likeness (QED) is 0.167. The molecule has 0 unspecified atom stereocenters. The van der Waals surface area contributed by atoms with E-state index in [1.807, 2.05) is 6.07 Å². The molecule has 6 aromatic rings. The summed E-state index contributed by atoms with van der Waals surface area (Å²) in [5, 5.41) is 1.07. The van der Waals surface area contributed by atoms with E-state index >= 15 is 0 Å². The standard InChI is InChI=1S/C44H39BN2O7/c1-24-19-38-42(53-18-17-52-38)25(2)40(24)47-31-8-6-7-30-39(31)45(43-41(47)28-20-26(44(3,4)5)9-11-33(28)54-43)29-22-36-37(51-16-15-50-36)23-32(29)46(30)27-10-12-34-35(21-27)49-14-13-48-34/h6-12,19-23H,13-18H2,1-5H3. The molecule has 1 aromatic heterocycles. The molecular weight excluding hydrogens is 679 g/mol. The van der Waals surface area contributed by atoms with Gasteiger partial charge in [-0.15, -0.1) is 0 Å². The van der Waals surface area contributed by atoms with Crippen LogP contribution in [0.25, 0.3) is 11.0 Å². The Bertz CT molecular complexity index is 2570. The van der Waals surface area contributed by atoms with Crippen LogP contribution in [0.5, 0.6) is 34.5 Å². The predicted octanol–water partition coefficient (Wildman–Crippen LogP) is 7.74. The Morgan fingerprint density at radius 1 is 0.593 bits per heavy atom. The molecule has 0 spiro atoms. The third-order valence-electron chi connectivity index (χ3n) is 11.3. The molecule has 0 aliphatic carbocycles. The lowest BCUT2D eigenvalue weighted by Gasteiger charge is -2.43. The average molecular weight is 719 g/mol. The minimum Gasteiger partial charge on any atom is -0.486 e. The van der Waals surface area contributed by atoms with E-state index in [1.165, 1.54) is 5.56 Å². The van der Waals surface area contributed by atoms with Crippen molar-refractivity contribution in [3.8, 4) is 34.5 Å². The van der Waals surface area contributed by atoms with Gasteiger partial charge in [0.1, 0.15) is 45.2 Å². The Kier molecular flexibility index (Phi) is 6.62. The molecule has 0 radical (unpaired) electrons. The molecule has 5 aliphatic heterocycles. The van der Waals surface area contributed by atoms with E-state index < -0.39 is 0 Å². The fourth-order valence-electron chi connectivity index (χ4n) is 8.95. The maximum Gasteiger partial charge on any atom is 0.297 e. The lowest BCUT2D eigenvalue weighted by atomic mass is 9.35. The van der Waals surface area contributed by atoms with Crippen molar-refractivity contribution in [1.82, 2.24) is 0 Å². The van der Waals surface area contributed by atoms with Crippen LogP contribution >= 0.6 is 0 Å². The van der Waals surface area contributed by atoms with Gasteiger partial charge in [0, 0.05) is 40.1 Å². The Morgan fingerprint density at radius 3 is 2.02 bits per heavy atom. The average Bonchev–Trinajstić information content (AvgIpc) is 3.56. The number of benzene rings is 5. The summed E-state index contributed by atoms with van der Waals surface area (Å²) >= 11 is 0. The summed E-state index contributed by atoms with van der Waals surface area (Å²) < 4.78 is 44.1. The zero-order chi connectivity index (χ0) is 36.5. The van der Waals surface area contributed by atoms with Gasteiger partial charge in [0.25, 0.3) is 6.71 Å². The lowest BCUT2D eigenvalue weighted by molar-refractivity contribution is 0.170. The predicted molar refractivity (Wildman–Crippen MR) is 211 cm³/mol. The van der Waals surface area contributed by atoms with Crippen LogP contribution in [0.4, 0.5) is 34.1 Å². The van der Waals surface area contributed by atoms with Gasteiger partial charge in [-0.2, -0.15) is 0 Å². The normalized spacial score (nSPS) is 16.2. The van der Waals surface area contributed by atoms with E-state index in [2.05, 4.69) is 111 Å². The number of anilines is 6. The molecule has 0 saturated heterocycles. The third kappa shape index (κ3) is 4.45. The van der Waals surface area contributed by atoms with Crippen molar-refractivity contribution in [2.24, 2.45) is 0 Å². The van der Waals surface area contributed by atoms with Crippen LogP contribution in [0.1, 0.15) is 37.5 Å². The van der Waals surface area contributed by atoms with E-state index in [0.717, 1.165) is 107 Å². The van der Waals surface area contributed by atoms with Gasteiger partial charge in [0.15, 0.2) is 34.5 Å². The van der Waals surface area contributed by atoms with Crippen LogP contribution in [0, 0.1) is 13.8 Å². The summed E-state index contributed by atoms with van der Waals surface area (Å²) in [5.74, 6) is 4.49. The monoisotopic (exact) mass is 718 g/mol. The SMILES string of the molecule is Cc1cc2c(c(C)c1N1c3cccc4c3B(c3cc5c(cc3N4c3ccc4c(c3)OCCO4)OCCO5)c3oc4ccc(C(C)(C)C)cc4c31)OCCO2. The van der Waals surface area contributed by atoms with Crippen molar-refractivity contribution in [2.75, 3.05) is 49.4 Å². The molecule has 10 heteroatoms. The zero-order valence-corrected chi connectivity index (χ0v) is 31.0. The number of fused-ring (bicyclic) bond motifs is 9. The second-order valence-corrected chi connectivity index (χ2v) is 15.7. The molecule has 0 fully saturated rings. The number of aryl methyl sites for hydroxylation is 1. The van der Waals surface area contributed by atoms with E-state index in [9.17, 15) is 0 Å². The first-order chi connectivity index (χ1) is 26.2. The van der Waals surface area contributed by atoms with Crippen LogP contribution in [0.15, 0.2) is 77.2 Å². The third-order valence-corrected chi connectivity index (χ3v) is 11.3. The van der Waals surface area contributed by atoms with Gasteiger partial charge in [0.05, 0.1) is 22.7 Å². The maximum absolute atomic E-state index is 7.14. The zero-order valence-electron chi connectivity index (χ0n) is 31.0. The lowest BCUT2D eigenvalue weighted by Crippen LogP contribution is -2.61. The van der Waals surface area contributed by atoms with Crippen LogP contribution in [-0.2, 0) is 5.41 Å². The molecule has 0 bridgehead atoms. The highest BCUT2D eigenvalue weighted by atomic mass is 16.6. The number of hydrogen-bond acceptors (Lipinski definition) is 9. The first-order valence-corrected chi connectivity index (χ1v) is 18.8. The Hall–Kier alpha value is -5.90. The second kappa shape index (κ2) is 11.3. The molecule has 6 heterocycles. The molecule has 270 valence electrons. The number of ether oxygens (including phenoxy) is 6. The first-order valence-electron chi connectivity index (χ1n) is 18.8. The van der Waals surface area contributed by atoms with Gasteiger partial charge in [-0.05, 0) is 89.8 Å². The van der Waals surface area contributed by atoms with Crippen LogP contribution < -0.4 is 54.8 Å². The molecule has 54 heavy (non-hydrogen) atoms. The summed E-state index contributed by atoms with van der Waals surface area (Å²) in [6.07, 6.45) is 0. The topological polar surface area (TPSA) is 75.0 Å². The van der Waals surface area contributed by atoms with Gasteiger partial charge in [0.2, 0.25) is 0 Å². The van der Waals surface area contributed by atoms with Gasteiger partial charge < -0.3 is 42.6 Å². The maximum atomic E-state index is 7.14. The van der Waals surface area contributed by atoms with Crippen molar-refractivity contribution in [2.45, 2.75) is 40.0 Å². The summed E-state index contributed by atoms with van der Waals surface area (Å²) in [5.41, 5.74) is 13.3. The Morgan fingerprint density at radius 2 is 1.26 bits per heavy atom. The summed E-state index contributed by atoms with van der Waals surface area (Å²) in [7, 11) is 0. The van der Waals surface area contributed by atoms with Crippen molar-refractivity contribution < 1.29 is 32.8 Å². The fourth-order valence-corrected chi connectivity index (χ4v) is 8.95. The van der Waals surface area contributed by atoms with Crippen LogP contribution in [-0.4, -0.2) is 46.4 Å². The number of hydrogen-bond donors (Lipinski definition) is 0. The minimum absolute atomic E-state index is 0.0658. The number of rotatable bonds is 2. The summed E-state index contributed by atoms with van der Waals surface area (Å²) in [6.45, 7) is 13.9. The van der Waals surface area contributed by atoms with Crippen molar-refractivity contribution in [1.29, 1.82) is 0 Å². The van der Waals surface area contributed by atoms with Gasteiger partial charge in [-0.3, -0.25) is 0 Å². The van der Waals surface area contributed by atoms with Crippen LogP contribution in [0.3, 0.4) is 0 Å². The first kappa shape index (κ1) is 31.6. The largest absolute Gasteiger partial charge is 0.486 e. The highest BCUT2D eigenvalue weighted by Crippen LogP contribution is 2.52. The Balaban J connectivity index is 1.24. The fraction of sp³-hybridized carbons (Fsp3) is 0.273. The molecule has 11 rings (SSSR count). The van der Waals surface area contributed by atoms with Crippen molar-refractivity contribution >= 4 is 68.4 Å². The smallest absolute Gasteiger partial charge is 0.297 e. The molecule has 9 nitrogen and oxygen atoms in total. The van der Waals surface area contributed by atoms with E-state index in [-0.39, 0.29) is 12.1 Å². The van der Waals surface area contributed by atoms with Gasteiger partial charge >= 0.3 is 0 Å².